The van der Waals surface area contributed by atoms with Crippen LogP contribution in [-0.4, -0.2) is 28.5 Å². The molecule has 0 fully saturated rings. The smallest absolute Gasteiger partial charge is 0.277 e. The Morgan fingerprint density at radius 2 is 1.89 bits per heavy atom. The number of para-hydroxylation sites is 2. The summed E-state index contributed by atoms with van der Waals surface area (Å²) < 4.78 is 13.9. The molecule has 2 heterocycles. The fourth-order valence-electron chi connectivity index (χ4n) is 3.64. The lowest BCUT2D eigenvalue weighted by Gasteiger charge is -2.13. The van der Waals surface area contributed by atoms with Crippen molar-refractivity contribution in [1.82, 2.24) is 15.2 Å². The van der Waals surface area contributed by atoms with Gasteiger partial charge in [-0.1, -0.05) is 46.3 Å². The highest BCUT2D eigenvalue weighted by Gasteiger charge is 2.15. The van der Waals surface area contributed by atoms with Crippen molar-refractivity contribution in [1.29, 1.82) is 0 Å². The fraction of sp³-hybridized carbons (Fsp3) is 0.0370. The first kappa shape index (κ1) is 23.3. The molecular weight excluding hydrogens is 524 g/mol. The highest BCUT2D eigenvalue weighted by Crippen LogP contribution is 2.33. The van der Waals surface area contributed by atoms with E-state index in [1.807, 2.05) is 48.5 Å². The van der Waals surface area contributed by atoms with E-state index in [-0.39, 0.29) is 17.6 Å². The van der Waals surface area contributed by atoms with Gasteiger partial charge in [-0.15, -0.1) is 0 Å². The number of hydrogen-bond acceptors (Lipinski definition) is 6. The van der Waals surface area contributed by atoms with Crippen molar-refractivity contribution < 1.29 is 13.9 Å². The molecule has 0 saturated carbocycles. The molecule has 1 N–H and O–H groups in total. The first-order chi connectivity index (χ1) is 17.6. The molecule has 0 spiro atoms. The van der Waals surface area contributed by atoms with Gasteiger partial charge in [0.05, 0.1) is 34.7 Å². The molecule has 0 radical (unpaired) electrons. The van der Waals surface area contributed by atoms with E-state index in [0.717, 1.165) is 21.4 Å². The van der Waals surface area contributed by atoms with Crippen LogP contribution in [0, 0.1) is 0 Å². The quantitative estimate of drug-likeness (QED) is 0.232. The van der Waals surface area contributed by atoms with Crippen molar-refractivity contribution in [2.75, 3.05) is 6.61 Å². The topological polar surface area (TPSA) is 98.7 Å². The Hall–Kier alpha value is -4.50. The van der Waals surface area contributed by atoms with Gasteiger partial charge in [-0.25, -0.2) is 10.1 Å². The zero-order valence-corrected chi connectivity index (χ0v) is 20.4. The second kappa shape index (κ2) is 10.4. The van der Waals surface area contributed by atoms with E-state index in [9.17, 15) is 9.59 Å². The third-order valence-electron chi connectivity index (χ3n) is 5.32. The third kappa shape index (κ3) is 4.96. The summed E-state index contributed by atoms with van der Waals surface area (Å²) in [5, 5.41) is 8.75. The first-order valence-corrected chi connectivity index (χ1v) is 11.7. The summed E-state index contributed by atoms with van der Waals surface area (Å²) in [5.74, 6) is 0.0204. The molecule has 0 aliphatic carbocycles. The lowest BCUT2D eigenvalue weighted by molar-refractivity contribution is -0.123. The maximum absolute atomic E-state index is 12.5. The van der Waals surface area contributed by atoms with E-state index in [1.165, 1.54) is 12.5 Å². The summed E-state index contributed by atoms with van der Waals surface area (Å²) in [6.45, 7) is -0.280. The Balaban J connectivity index is 1.29. The molecule has 0 saturated heterocycles. The molecule has 0 atom stereocenters. The number of benzene rings is 3. The predicted octanol–water partition coefficient (Wildman–Crippen LogP) is 4.94. The van der Waals surface area contributed by atoms with E-state index in [4.69, 9.17) is 9.15 Å². The molecule has 0 aliphatic heterocycles. The van der Waals surface area contributed by atoms with Crippen molar-refractivity contribution in [2.24, 2.45) is 5.10 Å². The van der Waals surface area contributed by atoms with E-state index in [0.29, 0.717) is 16.7 Å². The van der Waals surface area contributed by atoms with Gasteiger partial charge in [-0.3, -0.25) is 9.59 Å². The van der Waals surface area contributed by atoms with Crippen LogP contribution in [0.2, 0.25) is 0 Å². The van der Waals surface area contributed by atoms with Crippen LogP contribution in [0.4, 0.5) is 0 Å². The second-order valence-electron chi connectivity index (χ2n) is 7.70. The number of nitrogens with zero attached hydrogens (tertiary/aromatic N) is 3. The van der Waals surface area contributed by atoms with Crippen molar-refractivity contribution in [3.8, 4) is 22.7 Å². The van der Waals surface area contributed by atoms with E-state index in [2.05, 4.69) is 31.6 Å². The number of fused-ring (bicyclic) bond motifs is 1. The van der Waals surface area contributed by atoms with Crippen LogP contribution < -0.4 is 15.6 Å². The highest BCUT2D eigenvalue weighted by atomic mass is 79.9. The number of hydrogen-bond donors (Lipinski definition) is 1. The number of carbonyl (C=O) groups is 1. The minimum atomic E-state index is -0.484. The number of halogens is 1. The number of hydrazone groups is 1. The third-order valence-corrected chi connectivity index (χ3v) is 5.81. The molecule has 36 heavy (non-hydrogen) atoms. The predicted molar refractivity (Wildman–Crippen MR) is 140 cm³/mol. The second-order valence-corrected chi connectivity index (χ2v) is 8.62. The van der Waals surface area contributed by atoms with Gasteiger partial charge in [0, 0.05) is 10.0 Å². The Morgan fingerprint density at radius 3 is 2.75 bits per heavy atom. The van der Waals surface area contributed by atoms with Crippen molar-refractivity contribution in [3.63, 3.8) is 0 Å². The van der Waals surface area contributed by atoms with Crippen LogP contribution in [0.1, 0.15) is 5.56 Å². The molecule has 0 bridgehead atoms. The molecule has 3 aromatic carbocycles. The first-order valence-electron chi connectivity index (χ1n) is 10.9. The summed E-state index contributed by atoms with van der Waals surface area (Å²) in [6, 6.07) is 24.0. The lowest BCUT2D eigenvalue weighted by atomic mass is 10.1. The van der Waals surface area contributed by atoms with Crippen LogP contribution in [0.3, 0.4) is 0 Å². The van der Waals surface area contributed by atoms with Gasteiger partial charge < -0.3 is 9.15 Å². The number of rotatable bonds is 7. The summed E-state index contributed by atoms with van der Waals surface area (Å²) in [5.41, 5.74) is 5.31. The van der Waals surface area contributed by atoms with E-state index in [1.54, 1.807) is 41.2 Å². The standard InChI is InChI=1S/C27H19BrN4O4/c28-19-10-11-25(22(14-19)23-12-13-30-32(23)20-6-2-1-3-7-20)36-17-26(33)31-29-15-18-16-35-24-9-5-4-8-21(24)27(18)34/h1-16H,17H2,(H,31,33)/b29-15+. The molecular formula is C27H19BrN4O4. The summed E-state index contributed by atoms with van der Waals surface area (Å²) >= 11 is 3.50. The molecule has 1 amide bonds. The van der Waals surface area contributed by atoms with Gasteiger partial charge in [0.25, 0.3) is 5.91 Å². The minimum Gasteiger partial charge on any atom is -0.483 e. The summed E-state index contributed by atoms with van der Waals surface area (Å²) in [6.07, 6.45) is 4.26. The van der Waals surface area contributed by atoms with E-state index < -0.39 is 5.91 Å². The molecule has 9 heteroatoms. The zero-order chi connectivity index (χ0) is 24.9. The summed E-state index contributed by atoms with van der Waals surface area (Å²) in [7, 11) is 0. The van der Waals surface area contributed by atoms with Gasteiger partial charge in [-0.05, 0) is 48.5 Å². The highest BCUT2D eigenvalue weighted by molar-refractivity contribution is 9.10. The Labute approximate surface area is 214 Å². The average molecular weight is 543 g/mol. The van der Waals surface area contributed by atoms with Crippen molar-refractivity contribution in [3.05, 3.63) is 112 Å². The average Bonchev–Trinajstić information content (AvgIpc) is 3.40. The summed E-state index contributed by atoms with van der Waals surface area (Å²) in [4.78, 5) is 24.9. The van der Waals surface area contributed by atoms with Gasteiger partial charge in [-0.2, -0.15) is 10.2 Å². The van der Waals surface area contributed by atoms with Crippen molar-refractivity contribution >= 4 is 39.0 Å². The molecule has 8 nitrogen and oxygen atoms in total. The molecule has 0 unspecified atom stereocenters. The Kier molecular flexibility index (Phi) is 6.72. The van der Waals surface area contributed by atoms with Gasteiger partial charge >= 0.3 is 0 Å². The number of ether oxygens (including phenoxy) is 1. The maximum Gasteiger partial charge on any atom is 0.277 e. The largest absolute Gasteiger partial charge is 0.483 e. The van der Waals surface area contributed by atoms with Crippen LogP contribution >= 0.6 is 15.9 Å². The van der Waals surface area contributed by atoms with Crippen LogP contribution in [0.25, 0.3) is 27.9 Å². The molecule has 5 rings (SSSR count). The van der Waals surface area contributed by atoms with Gasteiger partial charge in [0.2, 0.25) is 5.43 Å². The Bertz CT molecular complexity index is 1630. The lowest BCUT2D eigenvalue weighted by Crippen LogP contribution is -2.25. The molecule has 2 aromatic heterocycles. The number of nitrogens with one attached hydrogen (secondary N) is 1. The van der Waals surface area contributed by atoms with Gasteiger partial charge in [0.15, 0.2) is 6.61 Å². The van der Waals surface area contributed by atoms with E-state index >= 15 is 0 Å². The number of aromatic nitrogens is 2. The molecule has 5 aromatic rings. The SMILES string of the molecule is O=C(COc1ccc(Br)cc1-c1ccnn1-c1ccccc1)N/N=C/c1coc2ccccc2c1=O. The monoisotopic (exact) mass is 542 g/mol. The minimum absolute atomic E-state index is 0.222. The number of amides is 1. The maximum atomic E-state index is 12.5. The van der Waals surface area contributed by atoms with Crippen LogP contribution in [-0.2, 0) is 4.79 Å². The van der Waals surface area contributed by atoms with Crippen molar-refractivity contribution in [2.45, 2.75) is 0 Å². The molecule has 0 aliphatic rings. The molecule has 178 valence electrons. The fourth-order valence-corrected chi connectivity index (χ4v) is 4.00. The Morgan fingerprint density at radius 1 is 1.08 bits per heavy atom. The van der Waals surface area contributed by atoms with Crippen LogP contribution in [0.5, 0.6) is 5.75 Å². The zero-order valence-electron chi connectivity index (χ0n) is 18.8. The normalized spacial score (nSPS) is 11.1. The number of carbonyl (C=O) groups excluding carboxylic acids is 1. The van der Waals surface area contributed by atoms with Gasteiger partial charge in [0.1, 0.15) is 17.6 Å². The van der Waals surface area contributed by atoms with Crippen LogP contribution in [0.15, 0.2) is 110 Å².